The van der Waals surface area contributed by atoms with Gasteiger partial charge < -0.3 is 0 Å². The van der Waals surface area contributed by atoms with Gasteiger partial charge in [0.15, 0.2) is 0 Å². The second-order valence-electron chi connectivity index (χ2n) is 5.44. The van der Waals surface area contributed by atoms with Gasteiger partial charge in [-0.15, -0.1) is 0 Å². The van der Waals surface area contributed by atoms with Crippen LogP contribution < -0.4 is 0 Å². The van der Waals surface area contributed by atoms with Crippen LogP contribution in [0.5, 0.6) is 0 Å². The Morgan fingerprint density at radius 1 is 0.667 bits per heavy atom. The summed E-state index contributed by atoms with van der Waals surface area (Å²) in [7, 11) is 0. The van der Waals surface area contributed by atoms with Crippen LogP contribution in [0.4, 0.5) is 5.69 Å². The second kappa shape index (κ2) is 7.53. The Bertz CT molecular complexity index is 934. The van der Waals surface area contributed by atoms with Gasteiger partial charge in [-0.2, -0.15) is 4.99 Å². The zero-order chi connectivity index (χ0) is 16.8. The largest absolute Gasteiger partial charge is 0.195 e. The average molecular weight is 325 g/mol. The minimum Gasteiger partial charge on any atom is -0.195 e. The van der Waals surface area contributed by atoms with E-state index in [1.807, 2.05) is 48.5 Å². The molecule has 0 saturated heterocycles. The third kappa shape index (κ3) is 4.06. The number of nitrogens with zero attached hydrogens (tertiary/aromatic N) is 1. The Balaban J connectivity index is 1.78. The summed E-state index contributed by atoms with van der Waals surface area (Å²) in [4.78, 5) is 3.96. The minimum absolute atomic E-state index is 0.814. The second-order valence-corrected chi connectivity index (χ2v) is 5.63. The molecule has 2 heteroatoms. The fraction of sp³-hybridized carbons (Fsp3) is 0.0455. The Kier molecular flexibility index (Phi) is 4.99. The molecule has 0 atom stereocenters. The van der Waals surface area contributed by atoms with Crippen molar-refractivity contribution in [1.82, 2.24) is 0 Å². The van der Waals surface area contributed by atoms with Crippen LogP contribution in [0, 0.1) is 18.8 Å². The zero-order valence-electron chi connectivity index (χ0n) is 13.3. The fourth-order valence-electron chi connectivity index (χ4n) is 2.31. The number of aryl methyl sites for hydroxylation is 1. The van der Waals surface area contributed by atoms with Crippen molar-refractivity contribution in [2.75, 3.05) is 0 Å². The smallest absolute Gasteiger partial charge is 0.0739 e. The molecule has 0 fully saturated rings. The fourth-order valence-corrected chi connectivity index (χ4v) is 2.41. The quantitative estimate of drug-likeness (QED) is 0.330. The molecule has 0 radical (unpaired) electrons. The molecule has 0 aromatic heterocycles. The predicted molar refractivity (Wildman–Crippen MR) is 104 cm³/mol. The number of hydrogen-bond acceptors (Lipinski definition) is 2. The summed E-state index contributed by atoms with van der Waals surface area (Å²) < 4.78 is 0. The zero-order valence-corrected chi connectivity index (χ0v) is 14.1. The van der Waals surface area contributed by atoms with Crippen molar-refractivity contribution < 1.29 is 0 Å². The van der Waals surface area contributed by atoms with Crippen LogP contribution in [0.1, 0.15) is 16.7 Å². The van der Waals surface area contributed by atoms with Crippen molar-refractivity contribution >= 4 is 23.1 Å². The van der Waals surface area contributed by atoms with E-state index >= 15 is 0 Å². The molecule has 0 N–H and O–H groups in total. The Hall–Kier alpha value is -2.98. The highest BCUT2D eigenvalue weighted by atomic mass is 32.1. The van der Waals surface area contributed by atoms with E-state index in [-0.39, 0.29) is 0 Å². The molecule has 3 rings (SSSR count). The molecule has 3 aromatic rings. The Morgan fingerprint density at radius 3 is 1.62 bits per heavy atom. The number of isothiocyanates is 1. The summed E-state index contributed by atoms with van der Waals surface area (Å²) in [5.41, 5.74) is 6.37. The Labute approximate surface area is 147 Å². The molecule has 0 aliphatic carbocycles. The van der Waals surface area contributed by atoms with Crippen LogP contribution in [-0.4, -0.2) is 5.16 Å². The minimum atomic E-state index is 0.814. The van der Waals surface area contributed by atoms with Gasteiger partial charge in [0, 0.05) is 11.1 Å². The number of aliphatic imine (C=N–C) groups is 1. The first-order valence-corrected chi connectivity index (χ1v) is 8.02. The van der Waals surface area contributed by atoms with Gasteiger partial charge in [0.25, 0.3) is 0 Å². The van der Waals surface area contributed by atoms with Crippen LogP contribution >= 0.6 is 12.2 Å². The number of benzene rings is 3. The van der Waals surface area contributed by atoms with Crippen molar-refractivity contribution in [1.29, 1.82) is 0 Å². The predicted octanol–water partition coefficient (Wildman–Crippen LogP) is 5.80. The lowest BCUT2D eigenvalue weighted by Crippen LogP contribution is -1.80. The Morgan fingerprint density at radius 2 is 1.12 bits per heavy atom. The van der Waals surface area contributed by atoms with Gasteiger partial charge in [-0.1, -0.05) is 53.8 Å². The third-order valence-electron chi connectivity index (χ3n) is 3.66. The van der Waals surface area contributed by atoms with Crippen molar-refractivity contribution in [3.05, 3.63) is 89.5 Å². The lowest BCUT2D eigenvalue weighted by Gasteiger charge is -2.02. The maximum Gasteiger partial charge on any atom is 0.0739 e. The molecule has 1 nitrogen and oxygen atoms in total. The molecule has 0 amide bonds. The highest BCUT2D eigenvalue weighted by Gasteiger charge is 1.98. The molecule has 0 saturated carbocycles. The molecule has 0 heterocycles. The summed E-state index contributed by atoms with van der Waals surface area (Å²) >= 11 is 4.61. The third-order valence-corrected chi connectivity index (χ3v) is 3.75. The number of thiocarbonyl (C=S) groups is 1. The highest BCUT2D eigenvalue weighted by molar-refractivity contribution is 7.78. The summed E-state index contributed by atoms with van der Waals surface area (Å²) in [5.74, 6) is 6.39. The molecule has 3 aromatic carbocycles. The molecular formula is C22H15NS. The van der Waals surface area contributed by atoms with Gasteiger partial charge >= 0.3 is 0 Å². The molecule has 0 spiro atoms. The van der Waals surface area contributed by atoms with Gasteiger partial charge in [-0.3, -0.25) is 0 Å². The molecule has 0 unspecified atom stereocenters. The summed E-state index contributed by atoms with van der Waals surface area (Å²) in [6, 6.07) is 24.4. The van der Waals surface area contributed by atoms with Gasteiger partial charge in [0.1, 0.15) is 0 Å². The molecule has 0 bridgehead atoms. The lowest BCUT2D eigenvalue weighted by molar-refractivity contribution is 1.46. The highest BCUT2D eigenvalue weighted by Crippen LogP contribution is 2.22. The van der Waals surface area contributed by atoms with E-state index in [1.54, 1.807) is 0 Å². The molecular weight excluding hydrogens is 310 g/mol. The average Bonchev–Trinajstić information content (AvgIpc) is 2.63. The van der Waals surface area contributed by atoms with Crippen LogP contribution in [0.25, 0.3) is 11.1 Å². The molecule has 24 heavy (non-hydrogen) atoms. The number of rotatable bonds is 2. The van der Waals surface area contributed by atoms with Crippen molar-refractivity contribution in [3.8, 4) is 23.0 Å². The van der Waals surface area contributed by atoms with Crippen molar-refractivity contribution in [3.63, 3.8) is 0 Å². The topological polar surface area (TPSA) is 12.4 Å². The van der Waals surface area contributed by atoms with Gasteiger partial charge in [0.05, 0.1) is 10.8 Å². The van der Waals surface area contributed by atoms with Crippen LogP contribution in [0.15, 0.2) is 77.8 Å². The normalized spacial score (nSPS) is 9.54. The summed E-state index contributed by atoms with van der Waals surface area (Å²) in [6.45, 7) is 2.07. The van der Waals surface area contributed by atoms with Crippen molar-refractivity contribution in [2.24, 2.45) is 4.99 Å². The monoisotopic (exact) mass is 325 g/mol. The summed E-state index contributed by atoms with van der Waals surface area (Å²) in [5, 5.41) is 2.37. The first-order valence-electron chi connectivity index (χ1n) is 7.62. The van der Waals surface area contributed by atoms with E-state index in [2.05, 4.69) is 65.4 Å². The van der Waals surface area contributed by atoms with E-state index in [9.17, 15) is 0 Å². The van der Waals surface area contributed by atoms with Crippen molar-refractivity contribution in [2.45, 2.75) is 6.92 Å². The van der Waals surface area contributed by atoms with Gasteiger partial charge in [0.2, 0.25) is 0 Å². The van der Waals surface area contributed by atoms with Gasteiger partial charge in [-0.05, 0) is 66.7 Å². The van der Waals surface area contributed by atoms with E-state index in [0.717, 1.165) is 27.9 Å². The number of hydrogen-bond donors (Lipinski definition) is 0. The maximum atomic E-state index is 4.61. The van der Waals surface area contributed by atoms with E-state index < -0.39 is 0 Å². The molecule has 114 valence electrons. The first kappa shape index (κ1) is 15.9. The first-order chi connectivity index (χ1) is 11.7. The van der Waals surface area contributed by atoms with E-state index in [0.29, 0.717) is 0 Å². The standard InChI is InChI=1S/C22H15NS/c1-17-2-4-18(5-3-17)6-7-19-8-10-20(11-9-19)21-12-14-22(15-13-21)23-16-24/h2-5,8-15H,1H3. The van der Waals surface area contributed by atoms with Crippen LogP contribution in [0.3, 0.4) is 0 Å². The van der Waals surface area contributed by atoms with Crippen LogP contribution in [-0.2, 0) is 0 Å². The summed E-state index contributed by atoms with van der Waals surface area (Å²) in [6.07, 6.45) is 0. The maximum absolute atomic E-state index is 4.61. The SMILES string of the molecule is Cc1ccc(C#Cc2ccc(-c3ccc(N=C=S)cc3)cc2)cc1. The van der Waals surface area contributed by atoms with E-state index in [4.69, 9.17) is 0 Å². The van der Waals surface area contributed by atoms with E-state index in [1.165, 1.54) is 5.56 Å². The molecule has 0 aliphatic rings. The molecule has 0 aliphatic heterocycles. The van der Waals surface area contributed by atoms with Crippen LogP contribution in [0.2, 0.25) is 0 Å². The van der Waals surface area contributed by atoms with Gasteiger partial charge in [-0.25, -0.2) is 0 Å². The lowest BCUT2D eigenvalue weighted by atomic mass is 10.0.